The Hall–Kier alpha value is -3.08. The molecule has 0 N–H and O–H groups in total. The number of carbonyl (C=O) groups is 1. The van der Waals surface area contributed by atoms with Gasteiger partial charge in [-0.05, 0) is 70.9 Å². The maximum absolute atomic E-state index is 12.6. The lowest BCUT2D eigenvalue weighted by molar-refractivity contribution is -0.131. The molecule has 2 aromatic carbocycles. The molecule has 0 unspecified atom stereocenters. The highest BCUT2D eigenvalue weighted by atomic mass is 16.5. The summed E-state index contributed by atoms with van der Waals surface area (Å²) < 4.78 is 8.17. The molecule has 0 aliphatic carbocycles. The molecule has 3 rings (SSSR count). The number of carbonyl (C=O) groups excluding carboxylic acids is 1. The van der Waals surface area contributed by atoms with Crippen LogP contribution in [0.4, 0.5) is 0 Å². The van der Waals surface area contributed by atoms with E-state index < -0.39 is 0 Å². The Morgan fingerprint density at radius 2 is 1.77 bits per heavy atom. The maximum Gasteiger partial charge on any atom is 0.226 e. The van der Waals surface area contributed by atoms with E-state index >= 15 is 0 Å². The second-order valence-electron chi connectivity index (χ2n) is 8.13. The molecular formula is C25H31N3O2. The van der Waals surface area contributed by atoms with Crippen molar-refractivity contribution < 1.29 is 9.53 Å². The van der Waals surface area contributed by atoms with Crippen molar-refractivity contribution in [1.29, 1.82) is 0 Å². The van der Waals surface area contributed by atoms with Crippen LogP contribution < -0.4 is 4.74 Å². The SMILES string of the molecule is Cc1ccc(Oc2c(CCC(=O)N(C)C(C)C)c(C)nn2-c2cccc(C)c2)cc1. The van der Waals surface area contributed by atoms with E-state index in [0.717, 1.165) is 28.3 Å². The number of rotatable bonds is 7. The smallest absolute Gasteiger partial charge is 0.226 e. The van der Waals surface area contributed by atoms with Gasteiger partial charge in [-0.15, -0.1) is 0 Å². The first kappa shape index (κ1) is 21.6. The molecule has 5 heteroatoms. The van der Waals surface area contributed by atoms with E-state index in [1.165, 1.54) is 5.56 Å². The topological polar surface area (TPSA) is 47.4 Å². The van der Waals surface area contributed by atoms with Crippen LogP contribution in [0.5, 0.6) is 11.6 Å². The van der Waals surface area contributed by atoms with Gasteiger partial charge in [0, 0.05) is 25.1 Å². The van der Waals surface area contributed by atoms with E-state index in [2.05, 4.69) is 19.1 Å². The highest BCUT2D eigenvalue weighted by molar-refractivity contribution is 5.76. The Bertz CT molecular complexity index is 1020. The number of aromatic nitrogens is 2. The number of benzene rings is 2. The Kier molecular flexibility index (Phi) is 6.60. The van der Waals surface area contributed by atoms with E-state index in [0.29, 0.717) is 18.7 Å². The van der Waals surface area contributed by atoms with Gasteiger partial charge in [0.1, 0.15) is 5.75 Å². The van der Waals surface area contributed by atoms with Crippen LogP contribution in [-0.2, 0) is 11.2 Å². The molecule has 0 spiro atoms. The first-order valence-electron chi connectivity index (χ1n) is 10.4. The molecule has 0 saturated carbocycles. The van der Waals surface area contributed by atoms with Gasteiger partial charge in [0.05, 0.1) is 11.4 Å². The van der Waals surface area contributed by atoms with Gasteiger partial charge in [0.15, 0.2) is 0 Å². The zero-order valence-corrected chi connectivity index (χ0v) is 18.8. The third-order valence-corrected chi connectivity index (χ3v) is 5.38. The maximum atomic E-state index is 12.6. The standard InChI is InChI=1S/C25H31N3O2/c1-17(2)27(6)24(29)15-14-23-20(5)26-28(21-9-7-8-19(4)16-21)25(23)30-22-12-10-18(3)11-13-22/h7-13,16-17H,14-15H2,1-6H3. The summed E-state index contributed by atoms with van der Waals surface area (Å²) in [6.45, 7) is 10.1. The average Bonchev–Trinajstić information content (AvgIpc) is 3.02. The highest BCUT2D eigenvalue weighted by Gasteiger charge is 2.21. The second-order valence-corrected chi connectivity index (χ2v) is 8.13. The van der Waals surface area contributed by atoms with Gasteiger partial charge in [0.25, 0.3) is 0 Å². The molecule has 1 heterocycles. The predicted octanol–water partition coefficient (Wildman–Crippen LogP) is 5.39. The van der Waals surface area contributed by atoms with E-state index in [-0.39, 0.29) is 11.9 Å². The van der Waals surface area contributed by atoms with Crippen LogP contribution in [0.15, 0.2) is 48.5 Å². The summed E-state index contributed by atoms with van der Waals surface area (Å²) >= 11 is 0. The fourth-order valence-electron chi connectivity index (χ4n) is 3.28. The molecule has 0 fully saturated rings. The first-order chi connectivity index (χ1) is 14.3. The summed E-state index contributed by atoms with van der Waals surface area (Å²) in [5.41, 5.74) is 5.10. The minimum absolute atomic E-state index is 0.119. The minimum Gasteiger partial charge on any atom is -0.439 e. The lowest BCUT2D eigenvalue weighted by Crippen LogP contribution is -2.33. The predicted molar refractivity (Wildman–Crippen MR) is 121 cm³/mol. The van der Waals surface area contributed by atoms with Crippen LogP contribution >= 0.6 is 0 Å². The Labute approximate surface area is 179 Å². The van der Waals surface area contributed by atoms with Crippen molar-refractivity contribution in [1.82, 2.24) is 14.7 Å². The summed E-state index contributed by atoms with van der Waals surface area (Å²) in [6.07, 6.45) is 0.994. The molecule has 3 aromatic rings. The third-order valence-electron chi connectivity index (χ3n) is 5.38. The van der Waals surface area contributed by atoms with Crippen molar-refractivity contribution in [3.63, 3.8) is 0 Å². The number of hydrogen-bond acceptors (Lipinski definition) is 3. The highest BCUT2D eigenvalue weighted by Crippen LogP contribution is 2.32. The van der Waals surface area contributed by atoms with Crippen LogP contribution in [0.2, 0.25) is 0 Å². The van der Waals surface area contributed by atoms with Gasteiger partial charge in [-0.25, -0.2) is 4.68 Å². The van der Waals surface area contributed by atoms with Crippen molar-refractivity contribution in [2.24, 2.45) is 0 Å². The molecule has 0 atom stereocenters. The number of nitrogens with zero attached hydrogens (tertiary/aromatic N) is 3. The number of amides is 1. The molecule has 0 aliphatic heterocycles. The minimum atomic E-state index is 0.119. The molecule has 0 radical (unpaired) electrons. The number of ether oxygens (including phenoxy) is 1. The van der Waals surface area contributed by atoms with E-state index in [4.69, 9.17) is 9.84 Å². The van der Waals surface area contributed by atoms with Crippen molar-refractivity contribution >= 4 is 5.91 Å². The van der Waals surface area contributed by atoms with Gasteiger partial charge in [-0.3, -0.25) is 4.79 Å². The van der Waals surface area contributed by atoms with Gasteiger partial charge in [-0.2, -0.15) is 5.10 Å². The molecule has 158 valence electrons. The number of aryl methyl sites for hydroxylation is 3. The fraction of sp³-hybridized carbons (Fsp3) is 0.360. The van der Waals surface area contributed by atoms with Gasteiger partial charge < -0.3 is 9.64 Å². The Balaban J connectivity index is 1.98. The second kappa shape index (κ2) is 9.16. The average molecular weight is 406 g/mol. The van der Waals surface area contributed by atoms with E-state index in [1.54, 1.807) is 4.90 Å². The van der Waals surface area contributed by atoms with Crippen LogP contribution in [0.25, 0.3) is 5.69 Å². The third kappa shape index (κ3) is 4.90. The van der Waals surface area contributed by atoms with Crippen molar-refractivity contribution in [3.8, 4) is 17.3 Å². The van der Waals surface area contributed by atoms with E-state index in [1.807, 2.05) is 75.8 Å². The molecule has 30 heavy (non-hydrogen) atoms. The quantitative estimate of drug-likeness (QED) is 0.529. The van der Waals surface area contributed by atoms with Crippen LogP contribution in [0.3, 0.4) is 0 Å². The summed E-state index contributed by atoms with van der Waals surface area (Å²) in [5.74, 6) is 1.54. The Morgan fingerprint density at radius 1 is 1.07 bits per heavy atom. The molecule has 5 nitrogen and oxygen atoms in total. The summed E-state index contributed by atoms with van der Waals surface area (Å²) in [5, 5.41) is 4.76. The van der Waals surface area contributed by atoms with Crippen molar-refractivity contribution in [2.75, 3.05) is 7.05 Å². The number of hydrogen-bond donors (Lipinski definition) is 0. The lowest BCUT2D eigenvalue weighted by Gasteiger charge is -2.21. The van der Waals surface area contributed by atoms with E-state index in [9.17, 15) is 4.79 Å². The largest absolute Gasteiger partial charge is 0.439 e. The molecule has 1 aromatic heterocycles. The summed E-state index contributed by atoms with van der Waals surface area (Å²) in [7, 11) is 1.85. The summed E-state index contributed by atoms with van der Waals surface area (Å²) in [4.78, 5) is 14.3. The monoisotopic (exact) mass is 405 g/mol. The molecular weight excluding hydrogens is 374 g/mol. The van der Waals surface area contributed by atoms with Crippen LogP contribution in [0.1, 0.15) is 42.7 Å². The Morgan fingerprint density at radius 3 is 2.40 bits per heavy atom. The van der Waals surface area contributed by atoms with Gasteiger partial charge in [-0.1, -0.05) is 29.8 Å². The zero-order valence-electron chi connectivity index (χ0n) is 18.8. The van der Waals surface area contributed by atoms with Crippen LogP contribution in [-0.4, -0.2) is 33.7 Å². The van der Waals surface area contributed by atoms with Crippen molar-refractivity contribution in [3.05, 3.63) is 70.9 Å². The fourth-order valence-corrected chi connectivity index (χ4v) is 3.28. The molecule has 0 saturated heterocycles. The van der Waals surface area contributed by atoms with Gasteiger partial charge >= 0.3 is 0 Å². The van der Waals surface area contributed by atoms with Crippen LogP contribution in [0, 0.1) is 20.8 Å². The summed E-state index contributed by atoms with van der Waals surface area (Å²) in [6, 6.07) is 16.3. The normalized spacial score (nSPS) is 11.0. The first-order valence-corrected chi connectivity index (χ1v) is 10.4. The lowest BCUT2D eigenvalue weighted by atomic mass is 10.1. The zero-order chi connectivity index (χ0) is 21.8. The molecule has 1 amide bonds. The van der Waals surface area contributed by atoms with Gasteiger partial charge in [0.2, 0.25) is 11.8 Å². The molecule has 0 bridgehead atoms. The molecule has 0 aliphatic rings. The van der Waals surface area contributed by atoms with Crippen molar-refractivity contribution in [2.45, 2.75) is 53.5 Å².